The number of hydrogen-bond donors (Lipinski definition) is 0. The number of fused-ring (bicyclic) bond motifs is 1. The molecule has 3 aromatic rings. The first kappa shape index (κ1) is 26.9. The minimum absolute atomic E-state index is 0.193. The van der Waals surface area contributed by atoms with Crippen molar-refractivity contribution < 1.29 is 9.53 Å². The molecule has 0 N–H and O–H groups in total. The quantitative estimate of drug-likeness (QED) is 0.347. The average Bonchev–Trinajstić information content (AvgIpc) is 3.51. The predicted octanol–water partition coefficient (Wildman–Crippen LogP) is 5.80. The molecule has 6 nitrogen and oxygen atoms in total. The largest absolute Gasteiger partial charge is 0.463 e. The Morgan fingerprint density at radius 1 is 1.22 bits per heavy atom. The van der Waals surface area contributed by atoms with Crippen molar-refractivity contribution in [1.82, 2.24) is 4.57 Å². The van der Waals surface area contributed by atoms with Crippen LogP contribution in [0.25, 0.3) is 6.08 Å². The number of aromatic nitrogens is 1. The maximum absolute atomic E-state index is 13.7. The van der Waals surface area contributed by atoms with E-state index in [0.29, 0.717) is 25.6 Å². The van der Waals surface area contributed by atoms with Crippen LogP contribution in [0.4, 0.5) is 5.69 Å². The van der Waals surface area contributed by atoms with Crippen molar-refractivity contribution >= 4 is 52.0 Å². The normalized spacial score (nSPS) is 16.5. The molecule has 4 rings (SSSR count). The molecular formula is C28H28ClN3O3S2. The second kappa shape index (κ2) is 11.5. The highest BCUT2D eigenvalue weighted by Crippen LogP contribution is 2.33. The molecule has 0 fully saturated rings. The van der Waals surface area contributed by atoms with E-state index in [0.717, 1.165) is 22.0 Å². The van der Waals surface area contributed by atoms with Crippen molar-refractivity contribution in [3.8, 4) is 0 Å². The topological polar surface area (TPSA) is 63.9 Å². The van der Waals surface area contributed by atoms with Gasteiger partial charge in [0.05, 0.1) is 22.4 Å². The second-order valence-corrected chi connectivity index (χ2v) is 10.8. The monoisotopic (exact) mass is 553 g/mol. The highest BCUT2D eigenvalue weighted by molar-refractivity contribution is 7.10. The molecule has 1 aliphatic heterocycles. The van der Waals surface area contributed by atoms with Crippen molar-refractivity contribution in [2.24, 2.45) is 4.99 Å². The third-order valence-corrected chi connectivity index (χ3v) is 8.19. The van der Waals surface area contributed by atoms with Gasteiger partial charge in [-0.05, 0) is 82.5 Å². The van der Waals surface area contributed by atoms with Crippen LogP contribution in [0.3, 0.4) is 0 Å². The number of ether oxygens (including phenoxy) is 1. The lowest BCUT2D eigenvalue weighted by Crippen LogP contribution is -2.39. The van der Waals surface area contributed by atoms with Gasteiger partial charge in [0.1, 0.15) is 6.04 Å². The zero-order valence-corrected chi connectivity index (χ0v) is 23.7. The number of nitrogens with zero attached hydrogens (tertiary/aromatic N) is 3. The number of carbonyl (C=O) groups is 1. The van der Waals surface area contributed by atoms with Crippen LogP contribution in [0.1, 0.15) is 45.5 Å². The molecule has 0 saturated heterocycles. The minimum atomic E-state index is -0.571. The summed E-state index contributed by atoms with van der Waals surface area (Å²) in [6, 6.07) is 10.9. The van der Waals surface area contributed by atoms with Gasteiger partial charge in [-0.3, -0.25) is 9.36 Å². The maximum Gasteiger partial charge on any atom is 0.338 e. The van der Waals surface area contributed by atoms with Gasteiger partial charge in [0, 0.05) is 27.0 Å². The van der Waals surface area contributed by atoms with Crippen LogP contribution in [0.2, 0.25) is 5.02 Å². The summed E-state index contributed by atoms with van der Waals surface area (Å²) < 4.78 is 7.47. The molecule has 3 heterocycles. The Balaban J connectivity index is 1.83. The summed E-state index contributed by atoms with van der Waals surface area (Å²) in [5.41, 5.74) is 3.71. The number of halogens is 1. The molecule has 0 spiro atoms. The molecule has 1 atom stereocenters. The highest BCUT2D eigenvalue weighted by Gasteiger charge is 2.33. The molecule has 0 bridgehead atoms. The Morgan fingerprint density at radius 3 is 2.57 bits per heavy atom. The van der Waals surface area contributed by atoms with E-state index in [1.807, 2.05) is 80.8 Å². The fourth-order valence-electron chi connectivity index (χ4n) is 4.20. The van der Waals surface area contributed by atoms with Crippen LogP contribution in [0, 0.1) is 0 Å². The van der Waals surface area contributed by atoms with Gasteiger partial charge < -0.3 is 9.64 Å². The van der Waals surface area contributed by atoms with Crippen molar-refractivity contribution in [2.75, 3.05) is 11.5 Å². The lowest BCUT2D eigenvalue weighted by Gasteiger charge is -2.26. The van der Waals surface area contributed by atoms with E-state index in [1.54, 1.807) is 18.4 Å². The van der Waals surface area contributed by atoms with Gasteiger partial charge in [-0.15, -0.1) is 11.3 Å². The van der Waals surface area contributed by atoms with Gasteiger partial charge >= 0.3 is 5.97 Å². The molecule has 1 aliphatic rings. The van der Waals surface area contributed by atoms with Gasteiger partial charge in [0.2, 0.25) is 0 Å². The van der Waals surface area contributed by atoms with Crippen LogP contribution in [-0.4, -0.2) is 17.1 Å². The molecule has 1 aromatic carbocycles. The number of hydrogen-bond acceptors (Lipinski definition) is 7. The minimum Gasteiger partial charge on any atom is -0.463 e. The van der Waals surface area contributed by atoms with Crippen molar-refractivity contribution in [1.29, 1.82) is 0 Å². The number of rotatable bonds is 7. The Morgan fingerprint density at radius 2 is 1.95 bits per heavy atom. The molecule has 9 heteroatoms. The van der Waals surface area contributed by atoms with E-state index < -0.39 is 12.0 Å². The van der Waals surface area contributed by atoms with Crippen LogP contribution in [-0.2, 0) is 9.53 Å². The van der Waals surface area contributed by atoms with Crippen LogP contribution in [0.5, 0.6) is 0 Å². The standard InChI is InChI=1S/C28H28ClN3O3S2/c1-6-17(3)31(21-13-11-20(29)12-14-21)18(4)10-15-23-26(33)32-25(22-9-8-16-36-22)24(27(34)35-7-2)19(5)30-28(32)37-23/h6,8-16,25H,7H2,1-5H3/b17-6-,18-10+,23-15-. The summed E-state index contributed by atoms with van der Waals surface area (Å²) in [7, 11) is 0. The lowest BCUT2D eigenvalue weighted by molar-refractivity contribution is -0.139. The first-order chi connectivity index (χ1) is 17.8. The summed E-state index contributed by atoms with van der Waals surface area (Å²) in [5.74, 6) is -0.451. The van der Waals surface area contributed by atoms with Gasteiger partial charge in [0.25, 0.3) is 5.56 Å². The molecule has 0 radical (unpaired) electrons. The molecule has 2 aromatic heterocycles. The second-order valence-electron chi connectivity index (χ2n) is 8.39. The molecule has 0 aliphatic carbocycles. The Hall–Kier alpha value is -3.20. The summed E-state index contributed by atoms with van der Waals surface area (Å²) in [5, 5.41) is 2.60. The fourth-order valence-corrected chi connectivity index (χ4v) is 6.13. The molecule has 192 valence electrons. The number of thiophene rings is 1. The third-order valence-electron chi connectivity index (χ3n) is 6.01. The van der Waals surface area contributed by atoms with Gasteiger partial charge in [0.15, 0.2) is 4.80 Å². The summed E-state index contributed by atoms with van der Waals surface area (Å²) in [4.78, 5) is 34.7. The molecule has 0 saturated carbocycles. The lowest BCUT2D eigenvalue weighted by atomic mass is 10.0. The van der Waals surface area contributed by atoms with E-state index in [1.165, 1.54) is 22.7 Å². The number of allylic oxidation sites excluding steroid dienone is 5. The smallest absolute Gasteiger partial charge is 0.338 e. The number of carbonyl (C=O) groups excluding carboxylic acids is 1. The predicted molar refractivity (Wildman–Crippen MR) is 153 cm³/mol. The number of anilines is 1. The molecule has 1 unspecified atom stereocenters. The number of esters is 1. The van der Waals surface area contributed by atoms with E-state index in [-0.39, 0.29) is 12.2 Å². The van der Waals surface area contributed by atoms with E-state index in [9.17, 15) is 9.59 Å². The van der Waals surface area contributed by atoms with E-state index >= 15 is 0 Å². The van der Waals surface area contributed by atoms with Crippen molar-refractivity contribution in [3.05, 3.63) is 106 Å². The molecular weight excluding hydrogens is 526 g/mol. The van der Waals surface area contributed by atoms with Crippen molar-refractivity contribution in [2.45, 2.75) is 40.7 Å². The summed E-state index contributed by atoms with van der Waals surface area (Å²) in [6.07, 6.45) is 5.77. The van der Waals surface area contributed by atoms with E-state index in [2.05, 4.69) is 9.89 Å². The average molecular weight is 554 g/mol. The van der Waals surface area contributed by atoms with Crippen LogP contribution in [0.15, 0.2) is 86.4 Å². The number of thiazole rings is 1. The van der Waals surface area contributed by atoms with Gasteiger partial charge in [-0.2, -0.15) is 0 Å². The summed E-state index contributed by atoms with van der Waals surface area (Å²) in [6.45, 7) is 9.81. The molecule has 37 heavy (non-hydrogen) atoms. The highest BCUT2D eigenvalue weighted by atomic mass is 35.5. The Bertz CT molecular complexity index is 1580. The first-order valence-electron chi connectivity index (χ1n) is 11.8. The molecule has 0 amide bonds. The Labute approximate surface area is 228 Å². The first-order valence-corrected chi connectivity index (χ1v) is 13.9. The van der Waals surface area contributed by atoms with Crippen molar-refractivity contribution in [3.63, 3.8) is 0 Å². The van der Waals surface area contributed by atoms with Gasteiger partial charge in [-0.25, -0.2) is 9.79 Å². The van der Waals surface area contributed by atoms with Crippen LogP contribution < -0.4 is 19.8 Å². The third kappa shape index (κ3) is 5.42. The zero-order valence-electron chi connectivity index (χ0n) is 21.3. The number of benzene rings is 1. The SMILES string of the molecule is C/C=C(/C)N(/C(C)=C/C=c1\sc2n(c1=O)C(c1cccs1)C(C(=O)OCC)=C(C)N=2)c1ccc(Cl)cc1. The summed E-state index contributed by atoms with van der Waals surface area (Å²) >= 11 is 8.90. The zero-order chi connectivity index (χ0) is 26.7. The van der Waals surface area contributed by atoms with Crippen LogP contribution >= 0.6 is 34.3 Å². The van der Waals surface area contributed by atoms with E-state index in [4.69, 9.17) is 16.3 Å². The fraction of sp³-hybridized carbons (Fsp3) is 0.250. The maximum atomic E-state index is 13.7. The van der Waals surface area contributed by atoms with Gasteiger partial charge in [-0.1, -0.05) is 35.1 Å². The Kier molecular flexibility index (Phi) is 8.32.